The van der Waals surface area contributed by atoms with E-state index in [1.54, 1.807) is 11.8 Å². The van der Waals surface area contributed by atoms with Crippen LogP contribution in [0.2, 0.25) is 0 Å². The molecule has 6 heteroatoms. The fourth-order valence-electron chi connectivity index (χ4n) is 2.83. The Balaban J connectivity index is 2.43. The molecule has 1 aliphatic rings. The van der Waals surface area contributed by atoms with Crippen LogP contribution in [0.15, 0.2) is 0 Å². The molecule has 112 valence electrons. The van der Waals surface area contributed by atoms with Gasteiger partial charge in [0.15, 0.2) is 5.82 Å². The minimum atomic E-state index is -0.864. The predicted octanol–water partition coefficient (Wildman–Crippen LogP) is 2.04. The van der Waals surface area contributed by atoms with E-state index in [1.165, 1.54) is 0 Å². The fourth-order valence-corrected chi connectivity index (χ4v) is 2.83. The first-order valence-electron chi connectivity index (χ1n) is 7.23. The summed E-state index contributed by atoms with van der Waals surface area (Å²) in [5.74, 6) is -0.0491. The van der Waals surface area contributed by atoms with Gasteiger partial charge in [-0.15, -0.1) is 5.10 Å². The first-order chi connectivity index (χ1) is 9.99. The molecular weight excluding hydrogens is 268 g/mol. The number of nitriles is 1. The number of nitrogens with zero attached hydrogens (tertiary/aromatic N) is 4. The number of anilines is 1. The molecule has 0 aromatic carbocycles. The van der Waals surface area contributed by atoms with Crippen molar-refractivity contribution >= 4 is 11.8 Å². The molecule has 0 saturated carbocycles. The van der Waals surface area contributed by atoms with Crippen LogP contribution in [-0.2, 0) is 4.79 Å². The number of rotatable bonds is 3. The van der Waals surface area contributed by atoms with Crippen LogP contribution in [0.25, 0.3) is 0 Å². The van der Waals surface area contributed by atoms with E-state index < -0.39 is 12.0 Å². The molecule has 2 atom stereocenters. The lowest BCUT2D eigenvalue weighted by Crippen LogP contribution is -2.48. The largest absolute Gasteiger partial charge is 0.480 e. The monoisotopic (exact) mass is 288 g/mol. The highest BCUT2D eigenvalue weighted by atomic mass is 16.4. The first kappa shape index (κ1) is 15.2. The molecule has 2 heterocycles. The number of carboxylic acid groups (broad SMARTS) is 1. The first-order valence-corrected chi connectivity index (χ1v) is 7.23. The maximum atomic E-state index is 11.6. The Morgan fingerprint density at radius 1 is 1.48 bits per heavy atom. The highest BCUT2D eigenvalue weighted by Gasteiger charge is 2.35. The Labute approximate surface area is 124 Å². The summed E-state index contributed by atoms with van der Waals surface area (Å²) in [5.41, 5.74) is 1.90. The molecule has 21 heavy (non-hydrogen) atoms. The number of hydrogen-bond acceptors (Lipinski definition) is 5. The summed E-state index contributed by atoms with van der Waals surface area (Å²) in [7, 11) is 0. The number of carbonyl (C=O) groups is 1. The second-order valence-corrected chi connectivity index (χ2v) is 5.57. The van der Waals surface area contributed by atoms with Gasteiger partial charge in [0.1, 0.15) is 17.7 Å². The molecule has 0 radical (unpaired) electrons. The molecule has 6 nitrogen and oxygen atoms in total. The maximum Gasteiger partial charge on any atom is 0.326 e. The van der Waals surface area contributed by atoms with Gasteiger partial charge < -0.3 is 10.0 Å². The third-order valence-electron chi connectivity index (χ3n) is 4.39. The SMILES string of the molecule is CCC1CCN(c2nnc(C)c(C)c2C#N)C(C(=O)O)C1. The van der Waals surface area contributed by atoms with Crippen molar-refractivity contribution in [3.05, 3.63) is 16.8 Å². The van der Waals surface area contributed by atoms with Crippen molar-refractivity contribution in [2.45, 2.75) is 46.1 Å². The lowest BCUT2D eigenvalue weighted by atomic mass is 9.88. The van der Waals surface area contributed by atoms with Gasteiger partial charge in [0.25, 0.3) is 0 Å². The number of piperidine rings is 1. The van der Waals surface area contributed by atoms with Crippen LogP contribution in [0.5, 0.6) is 0 Å². The van der Waals surface area contributed by atoms with Crippen molar-refractivity contribution in [3.63, 3.8) is 0 Å². The molecule has 1 aromatic rings. The minimum Gasteiger partial charge on any atom is -0.480 e. The van der Waals surface area contributed by atoms with Crippen molar-refractivity contribution in [1.29, 1.82) is 5.26 Å². The normalized spacial score (nSPS) is 21.9. The van der Waals surface area contributed by atoms with Gasteiger partial charge in [-0.1, -0.05) is 13.3 Å². The smallest absolute Gasteiger partial charge is 0.326 e. The third-order valence-corrected chi connectivity index (χ3v) is 4.39. The average molecular weight is 288 g/mol. The van der Waals surface area contributed by atoms with E-state index in [9.17, 15) is 15.2 Å². The summed E-state index contributed by atoms with van der Waals surface area (Å²) in [6.45, 7) is 6.29. The molecule has 0 amide bonds. The zero-order chi connectivity index (χ0) is 15.6. The molecule has 1 N–H and O–H groups in total. The summed E-state index contributed by atoms with van der Waals surface area (Å²) >= 11 is 0. The molecule has 1 fully saturated rings. The van der Waals surface area contributed by atoms with E-state index in [0.29, 0.717) is 36.0 Å². The maximum absolute atomic E-state index is 11.6. The van der Waals surface area contributed by atoms with Crippen molar-refractivity contribution in [2.75, 3.05) is 11.4 Å². The average Bonchev–Trinajstić information content (AvgIpc) is 2.49. The molecule has 1 aromatic heterocycles. The van der Waals surface area contributed by atoms with Crippen LogP contribution in [-0.4, -0.2) is 33.9 Å². The van der Waals surface area contributed by atoms with Crippen molar-refractivity contribution < 1.29 is 9.90 Å². The van der Waals surface area contributed by atoms with Crippen LogP contribution in [0.3, 0.4) is 0 Å². The Morgan fingerprint density at radius 2 is 2.19 bits per heavy atom. The zero-order valence-electron chi connectivity index (χ0n) is 12.6. The summed E-state index contributed by atoms with van der Waals surface area (Å²) in [6, 6.07) is 1.52. The molecule has 2 rings (SSSR count). The van der Waals surface area contributed by atoms with Crippen LogP contribution in [0.1, 0.15) is 43.0 Å². The molecule has 2 unspecified atom stereocenters. The quantitative estimate of drug-likeness (QED) is 0.915. The van der Waals surface area contributed by atoms with Gasteiger partial charge in [-0.25, -0.2) is 4.79 Å². The van der Waals surface area contributed by atoms with Crippen molar-refractivity contribution in [3.8, 4) is 6.07 Å². The predicted molar refractivity (Wildman–Crippen MR) is 78.0 cm³/mol. The van der Waals surface area contributed by atoms with E-state index in [4.69, 9.17) is 0 Å². The number of aliphatic carboxylic acids is 1. The molecule has 0 bridgehead atoms. The Bertz CT molecular complexity index is 594. The Kier molecular flexibility index (Phi) is 4.41. The van der Waals surface area contributed by atoms with Gasteiger partial charge in [-0.3, -0.25) is 0 Å². The fraction of sp³-hybridized carbons (Fsp3) is 0.600. The lowest BCUT2D eigenvalue weighted by Gasteiger charge is -2.37. The second kappa shape index (κ2) is 6.08. The molecule has 1 saturated heterocycles. The highest BCUT2D eigenvalue weighted by molar-refractivity contribution is 5.79. The highest BCUT2D eigenvalue weighted by Crippen LogP contribution is 2.31. The minimum absolute atomic E-state index is 0.405. The van der Waals surface area contributed by atoms with Gasteiger partial charge in [-0.05, 0) is 38.2 Å². The standard InChI is InChI=1S/C15H20N4O2/c1-4-11-5-6-19(13(7-11)15(20)21)14-12(8-16)9(2)10(3)17-18-14/h11,13H,4-7H2,1-3H3,(H,20,21). The Hall–Kier alpha value is -2.16. The van der Waals surface area contributed by atoms with Crippen LogP contribution in [0, 0.1) is 31.1 Å². The topological polar surface area (TPSA) is 90.1 Å². The van der Waals surface area contributed by atoms with Crippen LogP contribution >= 0.6 is 0 Å². The van der Waals surface area contributed by atoms with Crippen molar-refractivity contribution in [1.82, 2.24) is 10.2 Å². The summed E-state index contributed by atoms with van der Waals surface area (Å²) in [5, 5.41) is 27.1. The van der Waals surface area contributed by atoms with Gasteiger partial charge in [0, 0.05) is 6.54 Å². The third kappa shape index (κ3) is 2.82. The van der Waals surface area contributed by atoms with Crippen LogP contribution in [0.4, 0.5) is 5.82 Å². The zero-order valence-corrected chi connectivity index (χ0v) is 12.6. The number of aryl methyl sites for hydroxylation is 1. The number of aromatic nitrogens is 2. The Morgan fingerprint density at radius 3 is 2.76 bits per heavy atom. The summed E-state index contributed by atoms with van der Waals surface area (Å²) in [4.78, 5) is 13.3. The van der Waals surface area contributed by atoms with Crippen molar-refractivity contribution in [2.24, 2.45) is 5.92 Å². The van der Waals surface area contributed by atoms with E-state index in [1.807, 2.05) is 6.92 Å². The molecular formula is C15H20N4O2. The van der Waals surface area contributed by atoms with E-state index in [0.717, 1.165) is 18.4 Å². The van der Waals surface area contributed by atoms with Gasteiger partial charge in [-0.2, -0.15) is 10.4 Å². The lowest BCUT2D eigenvalue weighted by molar-refractivity contribution is -0.139. The second-order valence-electron chi connectivity index (χ2n) is 5.57. The summed E-state index contributed by atoms with van der Waals surface area (Å²) in [6.07, 6.45) is 2.48. The van der Waals surface area contributed by atoms with Crippen LogP contribution < -0.4 is 4.90 Å². The van der Waals surface area contributed by atoms with Gasteiger partial charge in [0.05, 0.1) is 5.69 Å². The summed E-state index contributed by atoms with van der Waals surface area (Å²) < 4.78 is 0. The van der Waals surface area contributed by atoms with E-state index in [2.05, 4.69) is 23.2 Å². The number of hydrogen-bond donors (Lipinski definition) is 1. The number of carboxylic acids is 1. The molecule has 0 spiro atoms. The van der Waals surface area contributed by atoms with Gasteiger partial charge >= 0.3 is 5.97 Å². The molecule has 0 aliphatic carbocycles. The van der Waals surface area contributed by atoms with E-state index in [-0.39, 0.29) is 0 Å². The van der Waals surface area contributed by atoms with Gasteiger partial charge in [0.2, 0.25) is 0 Å². The van der Waals surface area contributed by atoms with E-state index >= 15 is 0 Å². The molecule has 1 aliphatic heterocycles.